The molecular weight excluding hydrogens is 274 g/mol. The summed E-state index contributed by atoms with van der Waals surface area (Å²) in [5.41, 5.74) is 1.21. The smallest absolute Gasteiger partial charge is 0.211 e. The second-order valence-corrected chi connectivity index (χ2v) is 7.40. The zero-order valence-electron chi connectivity index (χ0n) is 12.1. The lowest BCUT2D eigenvalue weighted by Crippen LogP contribution is -2.50. The fourth-order valence-electron chi connectivity index (χ4n) is 2.73. The molecule has 0 radical (unpaired) electrons. The molecule has 0 spiro atoms. The molecule has 0 bridgehead atoms. The minimum Gasteiger partial charge on any atom is -0.310 e. The molecule has 20 heavy (non-hydrogen) atoms. The van der Waals surface area contributed by atoms with Crippen LogP contribution >= 0.6 is 0 Å². The number of sulfonamides is 1. The molecule has 1 fully saturated rings. The predicted octanol–water partition coefficient (Wildman–Crippen LogP) is 1.23. The molecule has 2 atom stereocenters. The largest absolute Gasteiger partial charge is 0.310 e. The average molecular weight is 297 g/mol. The molecule has 2 heterocycles. The SMILES string of the molecule is CC[C@@H]1CN(S(C)(=O)=O)CC[C@@H]1NCc1ccncc1. The van der Waals surface area contributed by atoms with Gasteiger partial charge in [-0.3, -0.25) is 4.98 Å². The molecule has 112 valence electrons. The maximum atomic E-state index is 11.6. The number of hydrogen-bond donors (Lipinski definition) is 1. The third-order valence-electron chi connectivity index (χ3n) is 4.01. The molecule has 1 aliphatic heterocycles. The van der Waals surface area contributed by atoms with E-state index in [0.29, 0.717) is 25.0 Å². The van der Waals surface area contributed by atoms with E-state index in [1.54, 1.807) is 16.7 Å². The zero-order chi connectivity index (χ0) is 14.6. The maximum absolute atomic E-state index is 11.6. The van der Waals surface area contributed by atoms with Crippen LogP contribution in [0.1, 0.15) is 25.3 Å². The molecular formula is C14H23N3O2S. The lowest BCUT2D eigenvalue weighted by atomic mass is 9.91. The van der Waals surface area contributed by atoms with Crippen LogP contribution in [0.3, 0.4) is 0 Å². The summed E-state index contributed by atoms with van der Waals surface area (Å²) in [6.45, 7) is 4.17. The number of rotatable bonds is 5. The van der Waals surface area contributed by atoms with Gasteiger partial charge in [0.25, 0.3) is 0 Å². The Labute approximate surface area is 121 Å². The number of pyridine rings is 1. The standard InChI is InChI=1S/C14H23N3O2S/c1-3-13-11-17(20(2,18)19)9-6-14(13)16-10-12-4-7-15-8-5-12/h4-5,7-8,13-14,16H,3,6,9-11H2,1-2H3/t13-,14+/m1/s1. The highest BCUT2D eigenvalue weighted by Crippen LogP contribution is 2.22. The van der Waals surface area contributed by atoms with Gasteiger partial charge in [0, 0.05) is 38.1 Å². The Morgan fingerprint density at radius 3 is 2.70 bits per heavy atom. The van der Waals surface area contributed by atoms with Gasteiger partial charge in [0.2, 0.25) is 10.0 Å². The molecule has 2 rings (SSSR count). The van der Waals surface area contributed by atoms with E-state index in [-0.39, 0.29) is 0 Å². The Morgan fingerprint density at radius 2 is 2.10 bits per heavy atom. The van der Waals surface area contributed by atoms with Gasteiger partial charge in [0.05, 0.1) is 6.26 Å². The van der Waals surface area contributed by atoms with E-state index in [1.165, 1.54) is 11.8 Å². The molecule has 0 aromatic carbocycles. The van der Waals surface area contributed by atoms with E-state index < -0.39 is 10.0 Å². The van der Waals surface area contributed by atoms with E-state index in [0.717, 1.165) is 19.4 Å². The second-order valence-electron chi connectivity index (χ2n) is 5.42. The number of hydrogen-bond acceptors (Lipinski definition) is 4. The van der Waals surface area contributed by atoms with Crippen LogP contribution in [0, 0.1) is 5.92 Å². The fourth-order valence-corrected chi connectivity index (χ4v) is 3.63. The first-order chi connectivity index (χ1) is 9.50. The summed E-state index contributed by atoms with van der Waals surface area (Å²) in [6, 6.07) is 4.38. The zero-order valence-corrected chi connectivity index (χ0v) is 12.9. The van der Waals surface area contributed by atoms with Crippen molar-refractivity contribution in [3.05, 3.63) is 30.1 Å². The van der Waals surface area contributed by atoms with Gasteiger partial charge in [-0.25, -0.2) is 12.7 Å². The van der Waals surface area contributed by atoms with Gasteiger partial charge >= 0.3 is 0 Å². The minimum absolute atomic E-state index is 0.375. The highest BCUT2D eigenvalue weighted by atomic mass is 32.2. The van der Waals surface area contributed by atoms with Crippen LogP contribution in [0.4, 0.5) is 0 Å². The van der Waals surface area contributed by atoms with Crippen LogP contribution in [-0.4, -0.2) is 43.1 Å². The van der Waals surface area contributed by atoms with Crippen molar-refractivity contribution in [3.8, 4) is 0 Å². The van der Waals surface area contributed by atoms with Gasteiger partial charge in [-0.05, 0) is 30.0 Å². The van der Waals surface area contributed by atoms with Gasteiger partial charge in [-0.2, -0.15) is 0 Å². The Hall–Kier alpha value is -0.980. The van der Waals surface area contributed by atoms with Crippen LogP contribution in [-0.2, 0) is 16.6 Å². The first-order valence-corrected chi connectivity index (χ1v) is 8.93. The summed E-state index contributed by atoms with van der Waals surface area (Å²) in [5, 5.41) is 3.56. The Balaban J connectivity index is 1.93. The van der Waals surface area contributed by atoms with E-state index in [4.69, 9.17) is 0 Å². The Morgan fingerprint density at radius 1 is 1.40 bits per heavy atom. The van der Waals surface area contributed by atoms with Crippen molar-refractivity contribution in [3.63, 3.8) is 0 Å². The van der Waals surface area contributed by atoms with E-state index >= 15 is 0 Å². The topological polar surface area (TPSA) is 62.3 Å². The van der Waals surface area contributed by atoms with Crippen molar-refractivity contribution in [2.75, 3.05) is 19.3 Å². The summed E-state index contributed by atoms with van der Waals surface area (Å²) < 4.78 is 24.9. The molecule has 6 heteroatoms. The number of aromatic nitrogens is 1. The molecule has 1 aromatic heterocycles. The van der Waals surface area contributed by atoms with Crippen molar-refractivity contribution >= 4 is 10.0 Å². The molecule has 1 saturated heterocycles. The molecule has 1 aliphatic rings. The monoisotopic (exact) mass is 297 g/mol. The summed E-state index contributed by atoms with van der Waals surface area (Å²) in [6.07, 6.45) is 6.74. The van der Waals surface area contributed by atoms with E-state index in [2.05, 4.69) is 17.2 Å². The van der Waals surface area contributed by atoms with Crippen molar-refractivity contribution < 1.29 is 8.42 Å². The second kappa shape index (κ2) is 6.65. The Kier molecular flexibility index (Phi) is 5.12. The van der Waals surface area contributed by atoms with Crippen LogP contribution in [0.2, 0.25) is 0 Å². The number of piperidine rings is 1. The third kappa shape index (κ3) is 4.01. The van der Waals surface area contributed by atoms with Gasteiger partial charge in [-0.15, -0.1) is 0 Å². The predicted molar refractivity (Wildman–Crippen MR) is 79.7 cm³/mol. The lowest BCUT2D eigenvalue weighted by Gasteiger charge is -2.37. The Bertz CT molecular complexity index is 518. The van der Waals surface area contributed by atoms with Crippen LogP contribution < -0.4 is 5.32 Å². The first kappa shape index (κ1) is 15.4. The molecule has 0 aliphatic carbocycles. The van der Waals surface area contributed by atoms with E-state index in [1.807, 2.05) is 12.1 Å². The summed E-state index contributed by atoms with van der Waals surface area (Å²) >= 11 is 0. The normalized spacial score (nSPS) is 24.7. The molecule has 1 aromatic rings. The first-order valence-electron chi connectivity index (χ1n) is 7.08. The van der Waals surface area contributed by atoms with Crippen LogP contribution in [0.5, 0.6) is 0 Å². The van der Waals surface area contributed by atoms with Crippen molar-refractivity contribution in [2.45, 2.75) is 32.4 Å². The number of nitrogens with zero attached hydrogens (tertiary/aromatic N) is 2. The van der Waals surface area contributed by atoms with Gasteiger partial charge in [0.1, 0.15) is 0 Å². The van der Waals surface area contributed by atoms with Gasteiger partial charge < -0.3 is 5.32 Å². The average Bonchev–Trinajstić information content (AvgIpc) is 2.45. The third-order valence-corrected chi connectivity index (χ3v) is 5.28. The fraction of sp³-hybridized carbons (Fsp3) is 0.643. The van der Waals surface area contributed by atoms with Crippen molar-refractivity contribution in [1.29, 1.82) is 0 Å². The van der Waals surface area contributed by atoms with Crippen molar-refractivity contribution in [2.24, 2.45) is 5.92 Å². The molecule has 0 amide bonds. The summed E-state index contributed by atoms with van der Waals surface area (Å²) in [5.74, 6) is 0.375. The highest BCUT2D eigenvalue weighted by Gasteiger charge is 2.31. The molecule has 0 unspecified atom stereocenters. The lowest BCUT2D eigenvalue weighted by molar-refractivity contribution is 0.202. The van der Waals surface area contributed by atoms with E-state index in [9.17, 15) is 8.42 Å². The molecule has 0 saturated carbocycles. The highest BCUT2D eigenvalue weighted by molar-refractivity contribution is 7.88. The number of nitrogens with one attached hydrogen (secondary N) is 1. The quantitative estimate of drug-likeness (QED) is 0.888. The maximum Gasteiger partial charge on any atom is 0.211 e. The summed E-state index contributed by atoms with van der Waals surface area (Å²) in [7, 11) is -3.06. The summed E-state index contributed by atoms with van der Waals surface area (Å²) in [4.78, 5) is 4.01. The van der Waals surface area contributed by atoms with Crippen LogP contribution in [0.25, 0.3) is 0 Å². The van der Waals surface area contributed by atoms with Gasteiger partial charge in [-0.1, -0.05) is 13.3 Å². The molecule has 5 nitrogen and oxygen atoms in total. The van der Waals surface area contributed by atoms with Crippen LogP contribution in [0.15, 0.2) is 24.5 Å². The minimum atomic E-state index is -3.06. The van der Waals surface area contributed by atoms with Gasteiger partial charge in [0.15, 0.2) is 0 Å². The molecule has 1 N–H and O–H groups in total. The van der Waals surface area contributed by atoms with Crippen molar-refractivity contribution in [1.82, 2.24) is 14.6 Å².